The van der Waals surface area contributed by atoms with Crippen molar-refractivity contribution in [3.05, 3.63) is 29.8 Å². The molecule has 0 saturated heterocycles. The molecule has 0 aromatic heterocycles. The van der Waals surface area contributed by atoms with Gasteiger partial charge in [0.15, 0.2) is 9.84 Å². The number of halogens is 3. The molecule has 0 bridgehead atoms. The zero-order valence-corrected chi connectivity index (χ0v) is 13.7. The Morgan fingerprint density at radius 1 is 1.21 bits per heavy atom. The van der Waals surface area contributed by atoms with E-state index in [0.29, 0.717) is 31.7 Å². The topological polar surface area (TPSA) is 89.3 Å². The van der Waals surface area contributed by atoms with Crippen LogP contribution in [0, 0.1) is 0 Å². The van der Waals surface area contributed by atoms with Crippen LogP contribution in [0.3, 0.4) is 0 Å². The zero-order valence-electron chi connectivity index (χ0n) is 12.8. The van der Waals surface area contributed by atoms with Gasteiger partial charge in [0.05, 0.1) is 22.3 Å². The molecule has 9 heteroatoms. The van der Waals surface area contributed by atoms with E-state index in [1.165, 1.54) is 6.07 Å². The van der Waals surface area contributed by atoms with Crippen molar-refractivity contribution in [1.29, 1.82) is 0 Å². The highest BCUT2D eigenvalue weighted by Gasteiger charge is 2.35. The molecule has 1 saturated carbocycles. The molecule has 0 aliphatic heterocycles. The second-order valence-electron chi connectivity index (χ2n) is 5.89. The van der Waals surface area contributed by atoms with Gasteiger partial charge in [-0.25, -0.2) is 8.42 Å². The Morgan fingerprint density at radius 3 is 2.38 bits per heavy atom. The van der Waals surface area contributed by atoms with Crippen LogP contribution in [0.1, 0.15) is 31.2 Å². The number of amides is 1. The number of rotatable bonds is 5. The molecule has 3 N–H and O–H groups in total. The Hall–Kier alpha value is -1.61. The van der Waals surface area contributed by atoms with E-state index in [4.69, 9.17) is 5.73 Å². The largest absolute Gasteiger partial charge is 0.416 e. The number of benzene rings is 1. The molecule has 0 spiro atoms. The predicted octanol–water partition coefficient (Wildman–Crippen LogP) is 1.87. The van der Waals surface area contributed by atoms with Gasteiger partial charge in [0.2, 0.25) is 5.91 Å². The van der Waals surface area contributed by atoms with Gasteiger partial charge in [0, 0.05) is 6.04 Å². The summed E-state index contributed by atoms with van der Waals surface area (Å²) in [5.74, 6) is -0.492. The van der Waals surface area contributed by atoms with Crippen LogP contribution >= 0.6 is 0 Å². The number of primary amides is 1. The highest BCUT2D eigenvalue weighted by atomic mass is 32.2. The van der Waals surface area contributed by atoms with Crippen molar-refractivity contribution in [3.8, 4) is 0 Å². The summed E-state index contributed by atoms with van der Waals surface area (Å²) in [5, 5.41) is 2.23. The van der Waals surface area contributed by atoms with Crippen molar-refractivity contribution in [2.24, 2.45) is 5.73 Å². The Morgan fingerprint density at radius 2 is 1.83 bits per heavy atom. The number of sulfone groups is 1. The summed E-state index contributed by atoms with van der Waals surface area (Å²) in [6.07, 6.45) is -2.88. The van der Waals surface area contributed by atoms with E-state index >= 15 is 0 Å². The highest BCUT2D eigenvalue weighted by molar-refractivity contribution is 7.92. The summed E-state index contributed by atoms with van der Waals surface area (Å²) >= 11 is 0. The predicted molar refractivity (Wildman–Crippen MR) is 81.9 cm³/mol. The third-order valence-corrected chi connectivity index (χ3v) is 6.43. The smallest absolute Gasteiger partial charge is 0.369 e. The average molecular weight is 364 g/mol. The van der Waals surface area contributed by atoms with Crippen LogP contribution in [0.5, 0.6) is 0 Å². The number of alkyl halides is 3. The van der Waals surface area contributed by atoms with Gasteiger partial charge in [-0.05, 0) is 43.9 Å². The highest BCUT2D eigenvalue weighted by Crippen LogP contribution is 2.33. The number of nitrogens with two attached hydrogens (primary N) is 1. The molecular weight excluding hydrogens is 345 g/mol. The lowest BCUT2D eigenvalue weighted by Gasteiger charge is -2.28. The normalized spacial score (nSPS) is 22.3. The molecule has 0 radical (unpaired) electrons. The fourth-order valence-corrected chi connectivity index (χ4v) is 4.70. The summed E-state index contributed by atoms with van der Waals surface area (Å²) in [6.45, 7) is 0.0235. The van der Waals surface area contributed by atoms with Gasteiger partial charge in [0.1, 0.15) is 0 Å². The molecule has 5 nitrogen and oxygen atoms in total. The Kier molecular flexibility index (Phi) is 5.54. The molecule has 1 fully saturated rings. The van der Waals surface area contributed by atoms with E-state index in [2.05, 4.69) is 5.32 Å². The van der Waals surface area contributed by atoms with Crippen molar-refractivity contribution in [2.75, 3.05) is 6.54 Å². The molecular formula is C15H19F3N2O3S. The monoisotopic (exact) mass is 364 g/mol. The van der Waals surface area contributed by atoms with Gasteiger partial charge in [-0.2, -0.15) is 13.2 Å². The molecule has 0 atom stereocenters. The van der Waals surface area contributed by atoms with Crippen LogP contribution in [-0.2, 0) is 20.8 Å². The minimum Gasteiger partial charge on any atom is -0.369 e. The van der Waals surface area contributed by atoms with E-state index < -0.39 is 32.7 Å². The van der Waals surface area contributed by atoms with Crippen LogP contribution in [-0.4, -0.2) is 32.2 Å². The van der Waals surface area contributed by atoms with E-state index in [1.54, 1.807) is 0 Å². The molecule has 24 heavy (non-hydrogen) atoms. The van der Waals surface area contributed by atoms with Gasteiger partial charge < -0.3 is 11.1 Å². The summed E-state index contributed by atoms with van der Waals surface area (Å²) in [6, 6.07) is 3.83. The number of hydrogen-bond acceptors (Lipinski definition) is 4. The van der Waals surface area contributed by atoms with Crippen LogP contribution in [0.4, 0.5) is 13.2 Å². The number of carbonyl (C=O) groups excluding carboxylic acids is 1. The fraction of sp³-hybridized carbons (Fsp3) is 0.533. The van der Waals surface area contributed by atoms with Crippen LogP contribution in [0.25, 0.3) is 0 Å². The van der Waals surface area contributed by atoms with E-state index in [-0.39, 0.29) is 17.5 Å². The minimum absolute atomic E-state index is 0.00883. The standard InChI is InChI=1S/C15H19F3N2O3S/c16-15(17,18)10-2-1-3-13(8-10)24(22,23)12-6-4-11(5-7-12)20-9-14(19)21/h1-3,8,11-12,20H,4-7,9H2,(H2,19,21)/t11-,12-. The van der Waals surface area contributed by atoms with Crippen LogP contribution in [0.2, 0.25) is 0 Å². The van der Waals surface area contributed by atoms with Crippen molar-refractivity contribution in [3.63, 3.8) is 0 Å². The van der Waals surface area contributed by atoms with E-state index in [9.17, 15) is 26.4 Å². The molecule has 2 rings (SSSR count). The first kappa shape index (κ1) is 18.7. The molecule has 1 aromatic carbocycles. The second kappa shape index (κ2) is 7.10. The first-order valence-electron chi connectivity index (χ1n) is 7.53. The van der Waals surface area contributed by atoms with E-state index in [1.807, 2.05) is 0 Å². The second-order valence-corrected chi connectivity index (χ2v) is 8.12. The number of nitrogens with one attached hydrogen (secondary N) is 1. The van der Waals surface area contributed by atoms with Gasteiger partial charge in [-0.15, -0.1) is 0 Å². The van der Waals surface area contributed by atoms with Crippen LogP contribution < -0.4 is 11.1 Å². The Labute approximate surface area is 138 Å². The quantitative estimate of drug-likeness (QED) is 0.835. The first-order valence-corrected chi connectivity index (χ1v) is 9.08. The SMILES string of the molecule is NC(=O)CN[C@H]1CC[C@H](S(=O)(=O)c2cccc(C(F)(F)F)c2)CC1. The molecule has 0 heterocycles. The van der Waals surface area contributed by atoms with Crippen molar-refractivity contribution in [2.45, 2.75) is 48.0 Å². The van der Waals surface area contributed by atoms with Gasteiger partial charge in [0.25, 0.3) is 0 Å². The maximum Gasteiger partial charge on any atom is 0.416 e. The maximum atomic E-state index is 12.8. The number of hydrogen-bond donors (Lipinski definition) is 2. The van der Waals surface area contributed by atoms with Gasteiger partial charge in [-0.3, -0.25) is 4.79 Å². The lowest BCUT2D eigenvalue weighted by Crippen LogP contribution is -2.40. The molecule has 0 unspecified atom stereocenters. The van der Waals surface area contributed by atoms with Crippen molar-refractivity contribution < 1.29 is 26.4 Å². The Bertz CT molecular complexity index is 696. The Balaban J connectivity index is 2.08. The van der Waals surface area contributed by atoms with Gasteiger partial charge in [-0.1, -0.05) is 6.07 Å². The summed E-state index contributed by atoms with van der Waals surface area (Å²) in [4.78, 5) is 10.4. The third kappa shape index (κ3) is 4.47. The molecule has 1 aliphatic carbocycles. The van der Waals surface area contributed by atoms with E-state index in [0.717, 1.165) is 12.1 Å². The molecule has 1 aliphatic rings. The summed E-state index contributed by atoms with van der Waals surface area (Å²) in [7, 11) is -3.82. The molecule has 134 valence electrons. The minimum atomic E-state index is -4.58. The number of carbonyl (C=O) groups is 1. The molecule has 1 amide bonds. The van der Waals surface area contributed by atoms with Gasteiger partial charge >= 0.3 is 6.18 Å². The maximum absolute atomic E-state index is 12.8. The lowest BCUT2D eigenvalue weighted by atomic mass is 9.95. The average Bonchev–Trinajstić information content (AvgIpc) is 2.52. The lowest BCUT2D eigenvalue weighted by molar-refractivity contribution is -0.137. The molecule has 1 aromatic rings. The summed E-state index contributed by atoms with van der Waals surface area (Å²) in [5.41, 5.74) is 4.07. The zero-order chi connectivity index (χ0) is 18.0. The van der Waals surface area contributed by atoms with Crippen molar-refractivity contribution in [1.82, 2.24) is 5.32 Å². The van der Waals surface area contributed by atoms with Crippen molar-refractivity contribution >= 4 is 15.7 Å². The first-order chi connectivity index (χ1) is 11.1. The fourth-order valence-electron chi connectivity index (χ4n) is 2.86. The third-order valence-electron chi connectivity index (χ3n) is 4.17. The summed E-state index contributed by atoms with van der Waals surface area (Å²) < 4.78 is 63.4. The van der Waals surface area contributed by atoms with Crippen LogP contribution in [0.15, 0.2) is 29.2 Å².